The fraction of sp³-hybridized carbons (Fsp3) is 0. The first-order valence-corrected chi connectivity index (χ1v) is 10.5. The zero-order valence-electron chi connectivity index (χ0n) is 14.4. The van der Waals surface area contributed by atoms with E-state index in [9.17, 15) is 3.89 Å². The van der Waals surface area contributed by atoms with Crippen LogP contribution in [0.25, 0.3) is 38.9 Å². The maximum absolute atomic E-state index is 12.8. The summed E-state index contributed by atoms with van der Waals surface area (Å²) in [5, 5.41) is 5.81. The molecule has 0 spiro atoms. The molecule has 0 amide bonds. The molecule has 4 aromatic heterocycles. The Morgan fingerprint density at radius 3 is 2.59 bits per heavy atom. The van der Waals surface area contributed by atoms with Gasteiger partial charge >= 0.3 is 0 Å². The van der Waals surface area contributed by atoms with Crippen LogP contribution in [-0.2, 0) is 0 Å². The third kappa shape index (κ3) is 3.11. The molecule has 29 heavy (non-hydrogen) atoms. The number of hydrogen-bond acceptors (Lipinski definition) is 4. The molecule has 1 aromatic carbocycles. The summed E-state index contributed by atoms with van der Waals surface area (Å²) in [7, 11) is 0. The first-order chi connectivity index (χ1) is 14.1. The van der Waals surface area contributed by atoms with E-state index in [-0.39, 0.29) is 12.3 Å². The number of aromatic nitrogens is 5. The molecule has 0 aliphatic heterocycles. The molecule has 0 aliphatic carbocycles. The summed E-state index contributed by atoms with van der Waals surface area (Å²) in [6.07, 6.45) is 6.80. The Labute approximate surface area is 187 Å². The highest BCUT2D eigenvalue weighted by atomic mass is 79.9. The van der Waals surface area contributed by atoms with Crippen LogP contribution in [0.3, 0.4) is 0 Å². The molecule has 0 aliphatic rings. The maximum Gasteiger partial charge on any atom is 0.187 e. The largest absolute Gasteiger partial charge is 0.293 e. The van der Waals surface area contributed by atoms with Gasteiger partial charge in [0.1, 0.15) is 15.9 Å². The van der Waals surface area contributed by atoms with Crippen LogP contribution in [-0.4, -0.2) is 23.6 Å². The first kappa shape index (κ1) is 18.9. The number of nitrogens with zero attached hydrogens (tertiary/aromatic N) is 5. The molecule has 5 nitrogen and oxygen atoms in total. The Morgan fingerprint density at radius 1 is 1.07 bits per heavy atom. The van der Waals surface area contributed by atoms with Crippen molar-refractivity contribution in [3.8, 4) is 22.4 Å². The van der Waals surface area contributed by atoms with Crippen LogP contribution in [0.15, 0.2) is 59.7 Å². The molecular formula is C19H9BrCl2FN5S. The van der Waals surface area contributed by atoms with Crippen LogP contribution in [0.4, 0.5) is 3.89 Å². The van der Waals surface area contributed by atoms with Crippen LogP contribution in [0.1, 0.15) is 0 Å². The second kappa shape index (κ2) is 7.28. The van der Waals surface area contributed by atoms with Crippen molar-refractivity contribution >= 4 is 68.0 Å². The van der Waals surface area contributed by atoms with Crippen molar-refractivity contribution in [3.63, 3.8) is 0 Å². The molecule has 0 bridgehead atoms. The number of rotatable bonds is 3. The summed E-state index contributed by atoms with van der Waals surface area (Å²) in [4.78, 5) is 9.34. The number of benzene rings is 1. The van der Waals surface area contributed by atoms with Gasteiger partial charge in [-0.15, -0.1) is 3.89 Å². The standard InChI is InChI=1S/C19H9BrCl2FN5S/c20-18-17(16-13(21)2-1-3-14(16)22)26-19-12-6-10(11-8-25-28(9-11)29-23)7-24-15(12)4-5-27(18)19/h1-9H. The topological polar surface area (TPSA) is 48.0 Å². The second-order valence-electron chi connectivity index (χ2n) is 6.21. The predicted molar refractivity (Wildman–Crippen MR) is 119 cm³/mol. The average molecular weight is 509 g/mol. The Bertz CT molecular complexity index is 1380. The van der Waals surface area contributed by atoms with Gasteiger partial charge < -0.3 is 0 Å². The van der Waals surface area contributed by atoms with Crippen LogP contribution < -0.4 is 0 Å². The summed E-state index contributed by atoms with van der Waals surface area (Å²) in [5.41, 5.74) is 4.34. The minimum atomic E-state index is 0.0335. The summed E-state index contributed by atoms with van der Waals surface area (Å²) in [5.74, 6) is 0. The van der Waals surface area contributed by atoms with Gasteiger partial charge in [0, 0.05) is 40.7 Å². The molecule has 0 unspecified atom stereocenters. The molecule has 144 valence electrons. The number of halogens is 4. The molecular weight excluding hydrogens is 500 g/mol. The lowest BCUT2D eigenvalue weighted by Gasteiger charge is -2.04. The smallest absolute Gasteiger partial charge is 0.187 e. The van der Waals surface area contributed by atoms with Crippen molar-refractivity contribution < 1.29 is 3.89 Å². The van der Waals surface area contributed by atoms with E-state index >= 15 is 0 Å². The minimum Gasteiger partial charge on any atom is -0.293 e. The van der Waals surface area contributed by atoms with E-state index in [1.165, 1.54) is 0 Å². The number of fused-ring (bicyclic) bond motifs is 3. The zero-order chi connectivity index (χ0) is 20.1. The SMILES string of the molecule is FSn1cc(-c2cnc3ccn4c(Br)c(-c5c(Cl)cccc5Cl)nc4c3c2)cn1. The lowest BCUT2D eigenvalue weighted by atomic mass is 10.1. The Hall–Kier alpha value is -2.13. The number of imidazole rings is 1. The molecule has 0 saturated carbocycles. The maximum atomic E-state index is 12.8. The normalized spacial score (nSPS) is 11.6. The van der Waals surface area contributed by atoms with Crippen molar-refractivity contribution in [2.45, 2.75) is 0 Å². The Balaban J connectivity index is 1.77. The van der Waals surface area contributed by atoms with Gasteiger partial charge in [-0.2, -0.15) is 9.19 Å². The van der Waals surface area contributed by atoms with E-state index in [1.807, 2.05) is 22.7 Å². The van der Waals surface area contributed by atoms with Crippen LogP contribution in [0, 0.1) is 0 Å². The lowest BCUT2D eigenvalue weighted by molar-refractivity contribution is 0.878. The number of pyridine rings is 2. The molecule has 5 aromatic rings. The highest BCUT2D eigenvalue weighted by molar-refractivity contribution is 9.10. The highest BCUT2D eigenvalue weighted by Crippen LogP contribution is 2.39. The molecule has 0 fully saturated rings. The van der Waals surface area contributed by atoms with Crippen LogP contribution in [0.5, 0.6) is 0 Å². The van der Waals surface area contributed by atoms with Crippen molar-refractivity contribution in [1.29, 1.82) is 0 Å². The molecule has 0 N–H and O–H groups in total. The molecule has 5 rings (SSSR count). The van der Waals surface area contributed by atoms with Crippen molar-refractivity contribution in [3.05, 3.63) is 69.8 Å². The predicted octanol–water partition coefficient (Wildman–Crippen LogP) is 6.86. The highest BCUT2D eigenvalue weighted by Gasteiger charge is 2.19. The van der Waals surface area contributed by atoms with Gasteiger partial charge in [-0.25, -0.2) is 4.98 Å². The Morgan fingerprint density at radius 2 is 1.86 bits per heavy atom. The van der Waals surface area contributed by atoms with E-state index in [0.29, 0.717) is 26.9 Å². The van der Waals surface area contributed by atoms with E-state index in [0.717, 1.165) is 30.7 Å². The minimum absolute atomic E-state index is 0.0335. The van der Waals surface area contributed by atoms with Gasteiger partial charge in [0.15, 0.2) is 12.3 Å². The van der Waals surface area contributed by atoms with Crippen LogP contribution in [0.2, 0.25) is 10.0 Å². The average Bonchev–Trinajstić information content (AvgIpc) is 3.33. The molecule has 0 atom stereocenters. The summed E-state index contributed by atoms with van der Waals surface area (Å²) >= 11 is 16.4. The van der Waals surface area contributed by atoms with Gasteiger partial charge in [0.05, 0.1) is 21.8 Å². The van der Waals surface area contributed by atoms with Crippen molar-refractivity contribution in [2.24, 2.45) is 0 Å². The van der Waals surface area contributed by atoms with E-state index < -0.39 is 0 Å². The quantitative estimate of drug-likeness (QED) is 0.267. The van der Waals surface area contributed by atoms with Crippen molar-refractivity contribution in [2.75, 3.05) is 0 Å². The summed E-state index contributed by atoms with van der Waals surface area (Å²) in [6, 6.07) is 9.20. The van der Waals surface area contributed by atoms with Gasteiger partial charge in [-0.3, -0.25) is 9.38 Å². The molecule has 0 radical (unpaired) electrons. The molecule has 10 heteroatoms. The van der Waals surface area contributed by atoms with E-state index in [1.54, 1.807) is 36.8 Å². The molecule has 4 heterocycles. The zero-order valence-corrected chi connectivity index (χ0v) is 18.3. The fourth-order valence-corrected chi connectivity index (χ4v) is 4.59. The lowest BCUT2D eigenvalue weighted by Crippen LogP contribution is -1.89. The third-order valence-electron chi connectivity index (χ3n) is 4.56. The van der Waals surface area contributed by atoms with E-state index in [4.69, 9.17) is 28.2 Å². The number of hydrogen-bond donors (Lipinski definition) is 0. The van der Waals surface area contributed by atoms with Gasteiger partial charge in [0.25, 0.3) is 0 Å². The fourth-order valence-electron chi connectivity index (χ4n) is 3.20. The third-order valence-corrected chi connectivity index (χ3v) is 6.29. The van der Waals surface area contributed by atoms with E-state index in [2.05, 4.69) is 26.0 Å². The van der Waals surface area contributed by atoms with Gasteiger partial charge in [-0.1, -0.05) is 29.3 Å². The van der Waals surface area contributed by atoms with Gasteiger partial charge in [0.2, 0.25) is 0 Å². The molecule has 0 saturated heterocycles. The summed E-state index contributed by atoms with van der Waals surface area (Å²) in [6.45, 7) is 0. The van der Waals surface area contributed by atoms with Crippen LogP contribution >= 0.6 is 51.5 Å². The monoisotopic (exact) mass is 507 g/mol. The van der Waals surface area contributed by atoms with Crippen molar-refractivity contribution in [1.82, 2.24) is 23.6 Å². The first-order valence-electron chi connectivity index (χ1n) is 8.31. The Kier molecular flexibility index (Phi) is 4.74. The summed E-state index contributed by atoms with van der Waals surface area (Å²) < 4.78 is 16.5. The second-order valence-corrected chi connectivity index (χ2v) is 8.29. The van der Waals surface area contributed by atoms with Gasteiger partial charge in [-0.05, 0) is 40.2 Å².